The van der Waals surface area contributed by atoms with E-state index in [9.17, 15) is 18.0 Å². The lowest BCUT2D eigenvalue weighted by Gasteiger charge is -2.25. The quantitative estimate of drug-likeness (QED) is 0.625. The third kappa shape index (κ3) is 6.62. The monoisotopic (exact) mass is 396 g/mol. The topological polar surface area (TPSA) is 113 Å². The van der Waals surface area contributed by atoms with Gasteiger partial charge in [-0.2, -0.15) is 0 Å². The van der Waals surface area contributed by atoms with Crippen LogP contribution >= 0.6 is 0 Å². The summed E-state index contributed by atoms with van der Waals surface area (Å²) in [6.07, 6.45) is 3.04. The lowest BCUT2D eigenvalue weighted by atomic mass is 9.81. The molecule has 0 saturated heterocycles. The van der Waals surface area contributed by atoms with Gasteiger partial charge in [-0.1, -0.05) is 25.5 Å². The first-order valence-corrected chi connectivity index (χ1v) is 11.0. The predicted octanol–water partition coefficient (Wildman–Crippen LogP) is 2.73. The fraction of sp³-hybridized carbons (Fsp3) is 0.579. The second kappa shape index (κ2) is 9.32. The summed E-state index contributed by atoms with van der Waals surface area (Å²) in [6, 6.07) is 6.61. The van der Waals surface area contributed by atoms with E-state index in [0.717, 1.165) is 0 Å². The summed E-state index contributed by atoms with van der Waals surface area (Å²) in [5, 5.41) is 12.0. The smallest absolute Gasteiger partial charge is 0.306 e. The zero-order valence-corrected chi connectivity index (χ0v) is 16.6. The van der Waals surface area contributed by atoms with Gasteiger partial charge in [0.2, 0.25) is 15.9 Å². The zero-order valence-electron chi connectivity index (χ0n) is 15.8. The molecule has 1 fully saturated rings. The van der Waals surface area contributed by atoms with Crippen molar-refractivity contribution in [2.45, 2.75) is 57.7 Å². The van der Waals surface area contributed by atoms with Crippen molar-refractivity contribution in [3.8, 4) is 0 Å². The number of nitrogens with one attached hydrogen (secondary N) is 2. The summed E-state index contributed by atoms with van der Waals surface area (Å²) in [5.41, 5.74) is 1.10. The van der Waals surface area contributed by atoms with Crippen LogP contribution in [0.4, 0.5) is 5.69 Å². The number of hydrogen-bond acceptors (Lipinski definition) is 4. The molecule has 27 heavy (non-hydrogen) atoms. The van der Waals surface area contributed by atoms with E-state index in [1.807, 2.05) is 13.8 Å². The van der Waals surface area contributed by atoms with Gasteiger partial charge in [0, 0.05) is 17.6 Å². The molecular formula is C19H28N2O5S. The van der Waals surface area contributed by atoms with Gasteiger partial charge in [-0.05, 0) is 50.3 Å². The number of benzene rings is 1. The number of carbonyl (C=O) groups is 2. The van der Waals surface area contributed by atoms with Crippen LogP contribution in [0.3, 0.4) is 0 Å². The third-order valence-electron chi connectivity index (χ3n) is 4.94. The van der Waals surface area contributed by atoms with Crippen LogP contribution in [-0.4, -0.2) is 31.4 Å². The van der Waals surface area contributed by atoms with Crippen LogP contribution in [0.25, 0.3) is 0 Å². The van der Waals surface area contributed by atoms with E-state index >= 15 is 0 Å². The van der Waals surface area contributed by atoms with Crippen molar-refractivity contribution in [3.05, 3.63) is 29.8 Å². The van der Waals surface area contributed by atoms with Crippen LogP contribution in [0.1, 0.15) is 51.5 Å². The van der Waals surface area contributed by atoms with E-state index in [4.69, 9.17) is 5.11 Å². The maximum absolute atomic E-state index is 12.5. The predicted molar refractivity (Wildman–Crippen MR) is 104 cm³/mol. The number of amides is 1. The molecule has 0 heterocycles. The summed E-state index contributed by atoms with van der Waals surface area (Å²) >= 11 is 0. The molecule has 0 aromatic heterocycles. The highest BCUT2D eigenvalue weighted by Crippen LogP contribution is 2.30. The number of carboxylic acid groups (broad SMARTS) is 1. The summed E-state index contributed by atoms with van der Waals surface area (Å²) in [5.74, 6) is -2.03. The Labute approximate surface area is 160 Å². The highest BCUT2D eigenvalue weighted by Gasteiger charge is 2.31. The Morgan fingerprint density at radius 2 is 1.96 bits per heavy atom. The molecule has 1 aliphatic carbocycles. The minimum Gasteiger partial charge on any atom is -0.481 e. The molecule has 1 aromatic rings. The van der Waals surface area contributed by atoms with E-state index in [1.165, 1.54) is 0 Å². The van der Waals surface area contributed by atoms with Gasteiger partial charge in [0.1, 0.15) is 0 Å². The maximum Gasteiger partial charge on any atom is 0.306 e. The molecular weight excluding hydrogens is 368 g/mol. The highest BCUT2D eigenvalue weighted by atomic mass is 32.2. The normalized spacial score (nSPS) is 21.4. The van der Waals surface area contributed by atoms with Crippen molar-refractivity contribution in [2.75, 3.05) is 5.32 Å². The number of anilines is 1. The molecule has 0 radical (unpaired) electrons. The van der Waals surface area contributed by atoms with Crippen molar-refractivity contribution < 1.29 is 23.1 Å². The fourth-order valence-electron chi connectivity index (χ4n) is 3.29. The van der Waals surface area contributed by atoms with Gasteiger partial charge in [0.15, 0.2) is 0 Å². The van der Waals surface area contributed by atoms with Gasteiger partial charge in [0.05, 0.1) is 11.7 Å². The minimum absolute atomic E-state index is 0.133. The first-order chi connectivity index (χ1) is 12.7. The highest BCUT2D eigenvalue weighted by molar-refractivity contribution is 7.88. The number of carbonyl (C=O) groups excluding carboxylic acids is 1. The molecule has 1 saturated carbocycles. The first kappa shape index (κ1) is 21.4. The third-order valence-corrected chi connectivity index (χ3v) is 6.41. The molecule has 7 nitrogen and oxygen atoms in total. The Kier molecular flexibility index (Phi) is 7.38. The molecule has 3 atom stereocenters. The lowest BCUT2D eigenvalue weighted by Crippen LogP contribution is -2.33. The van der Waals surface area contributed by atoms with Crippen molar-refractivity contribution in [1.29, 1.82) is 0 Å². The Morgan fingerprint density at radius 3 is 2.63 bits per heavy atom. The van der Waals surface area contributed by atoms with Crippen LogP contribution in [0.15, 0.2) is 24.3 Å². The Bertz CT molecular complexity index is 778. The molecule has 8 heteroatoms. The summed E-state index contributed by atoms with van der Waals surface area (Å²) in [4.78, 5) is 23.6. The zero-order chi connectivity index (χ0) is 20.0. The maximum atomic E-state index is 12.5. The van der Waals surface area contributed by atoms with Crippen LogP contribution in [0.5, 0.6) is 0 Å². The molecule has 0 bridgehead atoms. The largest absolute Gasteiger partial charge is 0.481 e. The van der Waals surface area contributed by atoms with Crippen molar-refractivity contribution in [1.82, 2.24) is 4.72 Å². The molecule has 3 N–H and O–H groups in total. The number of sulfonamides is 1. The average molecular weight is 397 g/mol. The molecule has 3 unspecified atom stereocenters. The van der Waals surface area contributed by atoms with Crippen molar-refractivity contribution in [2.24, 2.45) is 11.8 Å². The van der Waals surface area contributed by atoms with Gasteiger partial charge in [0.25, 0.3) is 0 Å². The van der Waals surface area contributed by atoms with Gasteiger partial charge in [-0.25, -0.2) is 13.1 Å². The van der Waals surface area contributed by atoms with Crippen LogP contribution in [0.2, 0.25) is 0 Å². The van der Waals surface area contributed by atoms with Gasteiger partial charge in [-0.15, -0.1) is 0 Å². The molecule has 0 spiro atoms. The summed E-state index contributed by atoms with van der Waals surface area (Å²) in [7, 11) is -3.46. The number of hydrogen-bond donors (Lipinski definition) is 3. The number of carboxylic acids is 1. The Hall–Kier alpha value is -1.93. The number of aliphatic carboxylic acids is 1. The molecule has 0 aliphatic heterocycles. The summed E-state index contributed by atoms with van der Waals surface area (Å²) < 4.78 is 27.0. The lowest BCUT2D eigenvalue weighted by molar-refractivity contribution is -0.143. The minimum atomic E-state index is -3.46. The molecule has 150 valence electrons. The van der Waals surface area contributed by atoms with E-state index < -0.39 is 21.9 Å². The number of rotatable bonds is 8. The van der Waals surface area contributed by atoms with Crippen molar-refractivity contribution >= 4 is 27.6 Å². The SMILES string of the molecule is CCC(C)NS(=O)(=O)Cc1cccc(NC(=O)C2CCCC(C(=O)O)C2)c1. The Balaban J connectivity index is 2.00. The molecule has 1 aromatic carbocycles. The summed E-state index contributed by atoms with van der Waals surface area (Å²) in [6.45, 7) is 3.71. The molecule has 1 aliphatic rings. The van der Waals surface area contributed by atoms with Gasteiger partial charge >= 0.3 is 5.97 Å². The van der Waals surface area contributed by atoms with Gasteiger partial charge in [-0.3, -0.25) is 9.59 Å². The first-order valence-electron chi connectivity index (χ1n) is 9.32. The van der Waals surface area contributed by atoms with Crippen LogP contribution < -0.4 is 10.0 Å². The Morgan fingerprint density at radius 1 is 1.26 bits per heavy atom. The second-order valence-electron chi connectivity index (χ2n) is 7.27. The van der Waals surface area contributed by atoms with E-state index in [-0.39, 0.29) is 23.6 Å². The molecule has 1 amide bonds. The standard InChI is InChI=1S/C19H28N2O5S/c1-3-13(2)21-27(25,26)12-14-6-4-9-17(10-14)20-18(22)15-7-5-8-16(11-15)19(23)24/h4,6,9-10,13,15-16,21H,3,5,7-8,11-12H2,1-2H3,(H,20,22)(H,23,24). The van der Waals surface area contributed by atoms with E-state index in [1.54, 1.807) is 24.3 Å². The fourth-order valence-corrected chi connectivity index (χ4v) is 4.77. The van der Waals surface area contributed by atoms with E-state index in [2.05, 4.69) is 10.0 Å². The second-order valence-corrected chi connectivity index (χ2v) is 9.03. The molecule has 2 rings (SSSR count). The van der Waals surface area contributed by atoms with E-state index in [0.29, 0.717) is 43.4 Å². The van der Waals surface area contributed by atoms with Crippen molar-refractivity contribution in [3.63, 3.8) is 0 Å². The van der Waals surface area contributed by atoms with Gasteiger partial charge < -0.3 is 10.4 Å². The van der Waals surface area contributed by atoms with Crippen LogP contribution in [-0.2, 0) is 25.4 Å². The van der Waals surface area contributed by atoms with Crippen LogP contribution in [0, 0.1) is 11.8 Å². The average Bonchev–Trinajstić information content (AvgIpc) is 2.61.